The molecule has 20 heavy (non-hydrogen) atoms. The Morgan fingerprint density at radius 3 is 1.90 bits per heavy atom. The summed E-state index contributed by atoms with van der Waals surface area (Å²) in [5.41, 5.74) is 5.43. The van der Waals surface area contributed by atoms with E-state index < -0.39 is 0 Å². The first-order chi connectivity index (χ1) is 9.83. The van der Waals surface area contributed by atoms with Crippen molar-refractivity contribution in [3.05, 3.63) is 0 Å². The molecule has 4 nitrogen and oxygen atoms in total. The van der Waals surface area contributed by atoms with Crippen molar-refractivity contribution < 1.29 is 9.53 Å². The topological polar surface area (TPSA) is 55.6 Å². The third-order valence-electron chi connectivity index (χ3n) is 4.71. The van der Waals surface area contributed by atoms with E-state index in [1.165, 1.54) is 64.2 Å². The smallest absolute Gasteiger partial charge is 0.249 e. The van der Waals surface area contributed by atoms with Crippen LogP contribution >= 0.6 is 0 Å². The average molecular weight is 282 g/mol. The van der Waals surface area contributed by atoms with Gasteiger partial charge in [0, 0.05) is 18.6 Å². The van der Waals surface area contributed by atoms with E-state index in [4.69, 9.17) is 10.5 Å². The summed E-state index contributed by atoms with van der Waals surface area (Å²) in [4.78, 5) is 14.8. The van der Waals surface area contributed by atoms with Gasteiger partial charge in [0.05, 0.1) is 6.61 Å². The van der Waals surface area contributed by atoms with E-state index in [1.807, 2.05) is 0 Å². The molecule has 1 amide bonds. The van der Waals surface area contributed by atoms with Crippen LogP contribution < -0.4 is 5.73 Å². The molecule has 0 unspecified atom stereocenters. The molecule has 0 spiro atoms. The maximum absolute atomic E-state index is 12.6. The SMILES string of the molecule is NCCOCC(=O)N(C1CCCCC1)C1CCCCC1. The third-order valence-corrected chi connectivity index (χ3v) is 4.71. The highest BCUT2D eigenvalue weighted by molar-refractivity contribution is 5.78. The number of amides is 1. The lowest BCUT2D eigenvalue weighted by Crippen LogP contribution is -2.50. The van der Waals surface area contributed by atoms with Crippen LogP contribution in [0.25, 0.3) is 0 Å². The number of hydrogen-bond donors (Lipinski definition) is 1. The van der Waals surface area contributed by atoms with Gasteiger partial charge in [-0.3, -0.25) is 4.79 Å². The molecule has 0 aromatic carbocycles. The van der Waals surface area contributed by atoms with E-state index in [0.717, 1.165) is 0 Å². The Bertz CT molecular complexity index is 266. The second-order valence-corrected chi connectivity index (χ2v) is 6.23. The van der Waals surface area contributed by atoms with Crippen LogP contribution in [0.2, 0.25) is 0 Å². The minimum atomic E-state index is 0.192. The lowest BCUT2D eigenvalue weighted by atomic mass is 9.88. The third kappa shape index (κ3) is 4.45. The van der Waals surface area contributed by atoms with Gasteiger partial charge in [-0.15, -0.1) is 0 Å². The predicted octanol–water partition coefficient (Wildman–Crippen LogP) is 2.46. The Morgan fingerprint density at radius 2 is 1.45 bits per heavy atom. The minimum Gasteiger partial charge on any atom is -0.370 e. The van der Waals surface area contributed by atoms with Gasteiger partial charge in [-0.1, -0.05) is 38.5 Å². The Morgan fingerprint density at radius 1 is 0.950 bits per heavy atom. The van der Waals surface area contributed by atoms with Crippen molar-refractivity contribution >= 4 is 5.91 Å². The van der Waals surface area contributed by atoms with Crippen LogP contribution in [0.4, 0.5) is 0 Å². The Labute approximate surface area is 123 Å². The number of rotatable bonds is 6. The Balaban J connectivity index is 1.95. The van der Waals surface area contributed by atoms with Crippen LogP contribution in [-0.4, -0.2) is 42.6 Å². The van der Waals surface area contributed by atoms with Gasteiger partial charge >= 0.3 is 0 Å². The molecule has 2 rings (SSSR count). The van der Waals surface area contributed by atoms with Gasteiger partial charge in [0.15, 0.2) is 0 Å². The van der Waals surface area contributed by atoms with Crippen molar-refractivity contribution in [2.75, 3.05) is 19.8 Å². The van der Waals surface area contributed by atoms with Gasteiger partial charge < -0.3 is 15.4 Å². The summed E-state index contributed by atoms with van der Waals surface area (Å²) in [6.45, 7) is 1.18. The maximum Gasteiger partial charge on any atom is 0.249 e. The number of ether oxygens (including phenoxy) is 1. The zero-order chi connectivity index (χ0) is 14.2. The highest BCUT2D eigenvalue weighted by atomic mass is 16.5. The molecule has 2 aliphatic rings. The molecule has 0 aromatic rings. The summed E-state index contributed by atoms with van der Waals surface area (Å²) in [6, 6.07) is 0.918. The van der Waals surface area contributed by atoms with E-state index in [9.17, 15) is 4.79 Å². The molecule has 0 atom stereocenters. The molecule has 2 N–H and O–H groups in total. The predicted molar refractivity (Wildman–Crippen MR) is 80.5 cm³/mol. The standard InChI is InChI=1S/C16H30N2O2/c17-11-12-20-13-16(19)18(14-7-3-1-4-8-14)15-9-5-2-6-10-15/h14-15H,1-13,17H2. The van der Waals surface area contributed by atoms with Gasteiger partial charge in [0.2, 0.25) is 5.91 Å². The zero-order valence-electron chi connectivity index (χ0n) is 12.7. The Kier molecular flexibility index (Phi) is 6.80. The van der Waals surface area contributed by atoms with Crippen LogP contribution in [0.5, 0.6) is 0 Å². The van der Waals surface area contributed by atoms with Crippen molar-refractivity contribution in [2.45, 2.75) is 76.3 Å². The van der Waals surface area contributed by atoms with Gasteiger partial charge in [-0.2, -0.15) is 0 Å². The van der Waals surface area contributed by atoms with Crippen molar-refractivity contribution in [3.8, 4) is 0 Å². The van der Waals surface area contributed by atoms with E-state index in [2.05, 4.69) is 4.90 Å². The van der Waals surface area contributed by atoms with E-state index >= 15 is 0 Å². The molecule has 0 radical (unpaired) electrons. The van der Waals surface area contributed by atoms with Crippen molar-refractivity contribution in [1.82, 2.24) is 4.90 Å². The molecule has 2 aliphatic carbocycles. The fourth-order valence-electron chi connectivity index (χ4n) is 3.74. The first-order valence-electron chi connectivity index (χ1n) is 8.42. The number of carbonyl (C=O) groups excluding carboxylic acids is 1. The van der Waals surface area contributed by atoms with Crippen molar-refractivity contribution in [2.24, 2.45) is 5.73 Å². The molecule has 0 heterocycles. The second-order valence-electron chi connectivity index (χ2n) is 6.23. The summed E-state index contributed by atoms with van der Waals surface area (Å²) >= 11 is 0. The molecule has 0 saturated heterocycles. The molecule has 2 fully saturated rings. The molecule has 116 valence electrons. The quantitative estimate of drug-likeness (QED) is 0.761. The Hall–Kier alpha value is -0.610. The van der Waals surface area contributed by atoms with E-state index in [0.29, 0.717) is 25.2 Å². The van der Waals surface area contributed by atoms with Crippen LogP contribution in [0, 0.1) is 0 Å². The van der Waals surface area contributed by atoms with Crippen LogP contribution in [-0.2, 0) is 9.53 Å². The molecular weight excluding hydrogens is 252 g/mol. The minimum absolute atomic E-state index is 0.192. The van der Waals surface area contributed by atoms with Gasteiger partial charge in [-0.05, 0) is 25.7 Å². The van der Waals surface area contributed by atoms with E-state index in [1.54, 1.807) is 0 Å². The summed E-state index contributed by atoms with van der Waals surface area (Å²) < 4.78 is 5.39. The monoisotopic (exact) mass is 282 g/mol. The normalized spacial score (nSPS) is 21.9. The summed E-state index contributed by atoms with van der Waals surface area (Å²) in [6.07, 6.45) is 12.4. The lowest BCUT2D eigenvalue weighted by molar-refractivity contribution is -0.142. The highest BCUT2D eigenvalue weighted by Gasteiger charge is 2.32. The van der Waals surface area contributed by atoms with Gasteiger partial charge in [0.25, 0.3) is 0 Å². The van der Waals surface area contributed by atoms with Gasteiger partial charge in [0.1, 0.15) is 6.61 Å². The molecule has 2 saturated carbocycles. The van der Waals surface area contributed by atoms with Crippen molar-refractivity contribution in [3.63, 3.8) is 0 Å². The first-order valence-corrected chi connectivity index (χ1v) is 8.42. The molecule has 0 bridgehead atoms. The zero-order valence-corrected chi connectivity index (χ0v) is 12.7. The molecule has 4 heteroatoms. The van der Waals surface area contributed by atoms with Crippen LogP contribution in [0.1, 0.15) is 64.2 Å². The van der Waals surface area contributed by atoms with Crippen LogP contribution in [0.15, 0.2) is 0 Å². The number of hydrogen-bond acceptors (Lipinski definition) is 3. The number of nitrogens with two attached hydrogens (primary N) is 1. The summed E-state index contributed by atoms with van der Waals surface area (Å²) in [7, 11) is 0. The summed E-state index contributed by atoms with van der Waals surface area (Å²) in [5.74, 6) is 0.192. The molecule has 0 aromatic heterocycles. The molecular formula is C16H30N2O2. The fraction of sp³-hybridized carbons (Fsp3) is 0.938. The maximum atomic E-state index is 12.6. The lowest BCUT2D eigenvalue weighted by Gasteiger charge is -2.41. The number of carbonyl (C=O) groups is 1. The summed E-state index contributed by atoms with van der Waals surface area (Å²) in [5, 5.41) is 0. The van der Waals surface area contributed by atoms with Crippen LogP contribution in [0.3, 0.4) is 0 Å². The first kappa shape index (κ1) is 15.8. The highest BCUT2D eigenvalue weighted by Crippen LogP contribution is 2.30. The largest absolute Gasteiger partial charge is 0.370 e. The molecule has 0 aliphatic heterocycles. The van der Waals surface area contributed by atoms with E-state index in [-0.39, 0.29) is 12.5 Å². The fourth-order valence-corrected chi connectivity index (χ4v) is 3.74. The van der Waals surface area contributed by atoms with Gasteiger partial charge in [-0.25, -0.2) is 0 Å². The van der Waals surface area contributed by atoms with Crippen molar-refractivity contribution in [1.29, 1.82) is 0 Å². The second kappa shape index (κ2) is 8.63. The number of nitrogens with zero attached hydrogens (tertiary/aromatic N) is 1. The average Bonchev–Trinajstić information content (AvgIpc) is 2.50.